The van der Waals surface area contributed by atoms with Gasteiger partial charge in [0.1, 0.15) is 11.5 Å². The Hall–Kier alpha value is -3.03. The molecule has 2 rings (SSSR count). The number of amides is 3. The Balaban J connectivity index is 1.85. The van der Waals surface area contributed by atoms with E-state index in [4.69, 9.17) is 9.26 Å². The minimum absolute atomic E-state index is 0.0598. The lowest BCUT2D eigenvalue weighted by Gasteiger charge is -2.20. The molecule has 0 aliphatic rings. The van der Waals surface area contributed by atoms with Crippen LogP contribution in [0.5, 0.6) is 5.75 Å². The molecule has 8 heteroatoms. The molecule has 1 heterocycles. The van der Waals surface area contributed by atoms with E-state index in [1.54, 1.807) is 44.3 Å². The van der Waals surface area contributed by atoms with Crippen molar-refractivity contribution in [2.75, 3.05) is 23.9 Å². The minimum atomic E-state index is -0.342. The second-order valence-corrected chi connectivity index (χ2v) is 5.82. The number of hydrogen-bond donors (Lipinski definition) is 2. The molecule has 0 bridgehead atoms. The lowest BCUT2D eigenvalue weighted by atomic mass is 10.3. The van der Waals surface area contributed by atoms with Crippen LogP contribution >= 0.6 is 0 Å². The van der Waals surface area contributed by atoms with E-state index < -0.39 is 0 Å². The van der Waals surface area contributed by atoms with Crippen molar-refractivity contribution in [3.63, 3.8) is 0 Å². The fourth-order valence-corrected chi connectivity index (χ4v) is 1.98. The zero-order valence-electron chi connectivity index (χ0n) is 14.7. The molecular formula is C17H22N4O4. The average Bonchev–Trinajstić information content (AvgIpc) is 2.97. The van der Waals surface area contributed by atoms with Gasteiger partial charge in [0, 0.05) is 24.8 Å². The Bertz CT molecular complexity index is 725. The number of ether oxygens (including phenoxy) is 1. The van der Waals surface area contributed by atoms with Crippen molar-refractivity contribution in [3.05, 3.63) is 36.1 Å². The normalized spacial score (nSPS) is 10.4. The molecule has 0 spiro atoms. The topological polar surface area (TPSA) is 96.7 Å². The van der Waals surface area contributed by atoms with Gasteiger partial charge in [-0.3, -0.25) is 9.69 Å². The van der Waals surface area contributed by atoms with Crippen molar-refractivity contribution in [1.82, 2.24) is 10.5 Å². The van der Waals surface area contributed by atoms with Crippen LogP contribution in [0.1, 0.15) is 19.6 Å². The summed E-state index contributed by atoms with van der Waals surface area (Å²) in [4.78, 5) is 25.2. The number of aromatic nitrogens is 1. The number of aryl methyl sites for hydroxylation is 1. The van der Waals surface area contributed by atoms with Gasteiger partial charge in [-0.15, -0.1) is 0 Å². The minimum Gasteiger partial charge on any atom is -0.484 e. The van der Waals surface area contributed by atoms with E-state index in [1.807, 2.05) is 13.8 Å². The van der Waals surface area contributed by atoms with Crippen molar-refractivity contribution >= 4 is 23.4 Å². The quantitative estimate of drug-likeness (QED) is 0.838. The predicted octanol–water partition coefficient (Wildman–Crippen LogP) is 2.55. The van der Waals surface area contributed by atoms with Gasteiger partial charge in [-0.25, -0.2) is 4.79 Å². The predicted molar refractivity (Wildman–Crippen MR) is 93.9 cm³/mol. The molecule has 0 unspecified atom stereocenters. The Kier molecular flexibility index (Phi) is 5.99. The van der Waals surface area contributed by atoms with E-state index in [1.165, 1.54) is 4.90 Å². The average molecular weight is 346 g/mol. The van der Waals surface area contributed by atoms with Crippen LogP contribution in [0.2, 0.25) is 0 Å². The van der Waals surface area contributed by atoms with Gasteiger partial charge in [0.25, 0.3) is 5.91 Å². The summed E-state index contributed by atoms with van der Waals surface area (Å²) in [5, 5.41) is 9.05. The molecule has 8 nitrogen and oxygen atoms in total. The molecule has 0 saturated heterocycles. The van der Waals surface area contributed by atoms with Gasteiger partial charge >= 0.3 is 6.03 Å². The van der Waals surface area contributed by atoms with Crippen LogP contribution in [-0.2, 0) is 4.79 Å². The Morgan fingerprint density at radius 1 is 1.28 bits per heavy atom. The molecule has 0 fully saturated rings. The first-order chi connectivity index (χ1) is 11.8. The molecule has 0 aliphatic heterocycles. The zero-order chi connectivity index (χ0) is 18.4. The lowest BCUT2D eigenvalue weighted by molar-refractivity contribution is -0.118. The summed E-state index contributed by atoms with van der Waals surface area (Å²) in [5.74, 6) is 1.13. The summed E-state index contributed by atoms with van der Waals surface area (Å²) in [6.07, 6.45) is 0. The van der Waals surface area contributed by atoms with Gasteiger partial charge in [0.15, 0.2) is 12.4 Å². The summed E-state index contributed by atoms with van der Waals surface area (Å²) in [6, 6.07) is 8.37. The van der Waals surface area contributed by atoms with Crippen molar-refractivity contribution in [3.8, 4) is 5.75 Å². The number of carbonyl (C=O) groups is 2. The summed E-state index contributed by atoms with van der Waals surface area (Å²) in [7, 11) is 1.68. The monoisotopic (exact) mass is 346 g/mol. The van der Waals surface area contributed by atoms with E-state index in [-0.39, 0.29) is 24.6 Å². The number of benzene rings is 1. The number of hydrogen-bond acceptors (Lipinski definition) is 5. The zero-order valence-corrected chi connectivity index (χ0v) is 14.7. The SMILES string of the molecule is Cc1cc(NC(=O)COc2ccc(N(C)C(=O)NC(C)C)cc2)no1. The van der Waals surface area contributed by atoms with Gasteiger partial charge in [0.2, 0.25) is 0 Å². The number of rotatable bonds is 6. The third kappa shape index (κ3) is 5.52. The highest BCUT2D eigenvalue weighted by molar-refractivity contribution is 5.92. The highest BCUT2D eigenvalue weighted by Crippen LogP contribution is 2.18. The maximum atomic E-state index is 11.9. The van der Waals surface area contributed by atoms with Gasteiger partial charge in [-0.2, -0.15) is 0 Å². The molecule has 1 aromatic carbocycles. The van der Waals surface area contributed by atoms with Crippen LogP contribution in [0.15, 0.2) is 34.9 Å². The highest BCUT2D eigenvalue weighted by atomic mass is 16.5. The number of anilines is 2. The number of nitrogens with zero attached hydrogens (tertiary/aromatic N) is 2. The number of nitrogens with one attached hydrogen (secondary N) is 2. The van der Waals surface area contributed by atoms with Crippen LogP contribution in [0.3, 0.4) is 0 Å². The fourth-order valence-electron chi connectivity index (χ4n) is 1.98. The molecule has 134 valence electrons. The summed E-state index contributed by atoms with van der Waals surface area (Å²) in [6.45, 7) is 5.37. The lowest BCUT2D eigenvalue weighted by Crippen LogP contribution is -2.40. The van der Waals surface area contributed by atoms with Crippen LogP contribution in [0.25, 0.3) is 0 Å². The van der Waals surface area contributed by atoms with Crippen LogP contribution in [0, 0.1) is 6.92 Å². The van der Waals surface area contributed by atoms with Crippen LogP contribution < -0.4 is 20.3 Å². The third-order valence-electron chi connectivity index (χ3n) is 3.21. The third-order valence-corrected chi connectivity index (χ3v) is 3.21. The van der Waals surface area contributed by atoms with E-state index in [0.717, 1.165) is 0 Å². The molecule has 0 radical (unpaired) electrons. The van der Waals surface area contributed by atoms with E-state index in [2.05, 4.69) is 15.8 Å². The second-order valence-electron chi connectivity index (χ2n) is 5.82. The smallest absolute Gasteiger partial charge is 0.321 e. The van der Waals surface area contributed by atoms with E-state index >= 15 is 0 Å². The summed E-state index contributed by atoms with van der Waals surface area (Å²) >= 11 is 0. The molecule has 2 aromatic rings. The Morgan fingerprint density at radius 2 is 1.96 bits per heavy atom. The Morgan fingerprint density at radius 3 is 2.52 bits per heavy atom. The van der Waals surface area contributed by atoms with Gasteiger partial charge in [-0.05, 0) is 45.0 Å². The number of carbonyl (C=O) groups excluding carboxylic acids is 2. The molecule has 2 N–H and O–H groups in total. The molecule has 0 atom stereocenters. The maximum Gasteiger partial charge on any atom is 0.321 e. The standard InChI is InChI=1S/C17H22N4O4/c1-11(2)18-17(23)21(4)13-5-7-14(8-6-13)24-10-16(22)19-15-9-12(3)25-20-15/h5-9,11H,10H2,1-4H3,(H,18,23)(H,19,20,22). The van der Waals surface area contributed by atoms with Gasteiger partial charge < -0.3 is 19.9 Å². The molecule has 3 amide bonds. The molecule has 25 heavy (non-hydrogen) atoms. The van der Waals surface area contributed by atoms with E-state index in [0.29, 0.717) is 23.0 Å². The van der Waals surface area contributed by atoms with Crippen molar-refractivity contribution in [1.29, 1.82) is 0 Å². The summed E-state index contributed by atoms with van der Waals surface area (Å²) in [5.41, 5.74) is 0.716. The maximum absolute atomic E-state index is 11.9. The molecule has 1 aromatic heterocycles. The van der Waals surface area contributed by atoms with Crippen LogP contribution in [0.4, 0.5) is 16.3 Å². The molecule has 0 aliphatic carbocycles. The number of urea groups is 1. The van der Waals surface area contributed by atoms with Crippen molar-refractivity contribution < 1.29 is 18.8 Å². The first kappa shape index (κ1) is 18.3. The second kappa shape index (κ2) is 8.18. The Labute approximate surface area is 146 Å². The molecular weight excluding hydrogens is 324 g/mol. The largest absolute Gasteiger partial charge is 0.484 e. The van der Waals surface area contributed by atoms with Gasteiger partial charge in [-0.1, -0.05) is 5.16 Å². The van der Waals surface area contributed by atoms with E-state index in [9.17, 15) is 9.59 Å². The van der Waals surface area contributed by atoms with Gasteiger partial charge in [0.05, 0.1) is 0 Å². The summed E-state index contributed by atoms with van der Waals surface area (Å²) < 4.78 is 10.3. The van der Waals surface area contributed by atoms with Crippen LogP contribution in [-0.4, -0.2) is 36.8 Å². The molecule has 0 saturated carbocycles. The fraction of sp³-hybridized carbons (Fsp3) is 0.353. The first-order valence-corrected chi connectivity index (χ1v) is 7.85. The van der Waals surface area contributed by atoms with Crippen molar-refractivity contribution in [2.24, 2.45) is 0 Å². The van der Waals surface area contributed by atoms with Crippen molar-refractivity contribution in [2.45, 2.75) is 26.8 Å². The first-order valence-electron chi connectivity index (χ1n) is 7.85. The highest BCUT2D eigenvalue weighted by Gasteiger charge is 2.12.